The number of anilines is 1. The number of amides is 1. The second-order valence-corrected chi connectivity index (χ2v) is 10.5. The van der Waals surface area contributed by atoms with Crippen molar-refractivity contribution in [1.29, 1.82) is 0 Å². The molecule has 7 rings (SSSR count). The number of H-pyrrole nitrogens is 1. The normalized spacial score (nSPS) is 20.7. The Kier molecular flexibility index (Phi) is 5.73. The highest BCUT2D eigenvalue weighted by Crippen LogP contribution is 2.37. The molecule has 0 unspecified atom stereocenters. The van der Waals surface area contributed by atoms with Crippen molar-refractivity contribution in [3.05, 3.63) is 48.9 Å². The third kappa shape index (κ3) is 4.19. The Morgan fingerprint density at radius 3 is 2.64 bits per heavy atom. The number of carbonyl (C=O) groups is 1. The molecular formula is C28H30N10O. The number of piperazine rings is 1. The van der Waals surface area contributed by atoms with Crippen LogP contribution in [0.3, 0.4) is 0 Å². The number of hydrogen-bond acceptors (Lipinski definition) is 8. The zero-order valence-corrected chi connectivity index (χ0v) is 21.8. The lowest BCUT2D eigenvalue weighted by molar-refractivity contribution is -0.135. The molecule has 1 aliphatic heterocycles. The predicted octanol–water partition coefficient (Wildman–Crippen LogP) is 3.27. The number of likely N-dealkylation sites (N-methyl/N-ethyl adjacent to an activating group) is 1. The summed E-state index contributed by atoms with van der Waals surface area (Å²) in [5.74, 6) is 1.35. The number of nitrogens with two attached hydrogens (primary N) is 1. The van der Waals surface area contributed by atoms with Gasteiger partial charge in [-0.1, -0.05) is 12.1 Å². The van der Waals surface area contributed by atoms with Crippen LogP contribution in [0.4, 0.5) is 5.82 Å². The number of benzene rings is 1. The maximum Gasteiger partial charge on any atom is 0.236 e. The first-order valence-corrected chi connectivity index (χ1v) is 13.4. The highest BCUT2D eigenvalue weighted by Gasteiger charge is 2.32. The average Bonchev–Trinajstić information content (AvgIpc) is 3.58. The highest BCUT2D eigenvalue weighted by atomic mass is 16.2. The average molecular weight is 523 g/mol. The van der Waals surface area contributed by atoms with E-state index in [2.05, 4.69) is 30.9 Å². The zero-order valence-electron chi connectivity index (χ0n) is 21.8. The lowest BCUT2D eigenvalue weighted by Crippen LogP contribution is -2.52. The van der Waals surface area contributed by atoms with Gasteiger partial charge in [0.05, 0.1) is 29.0 Å². The Labute approximate surface area is 225 Å². The Bertz CT molecular complexity index is 1670. The Morgan fingerprint density at radius 1 is 1.00 bits per heavy atom. The van der Waals surface area contributed by atoms with Crippen molar-refractivity contribution in [3.8, 4) is 22.8 Å². The molecule has 11 heteroatoms. The number of aromatic amines is 1. The van der Waals surface area contributed by atoms with Gasteiger partial charge in [-0.2, -0.15) is 5.10 Å². The van der Waals surface area contributed by atoms with Gasteiger partial charge in [0.25, 0.3) is 0 Å². The van der Waals surface area contributed by atoms with E-state index in [4.69, 9.17) is 15.8 Å². The first-order valence-electron chi connectivity index (χ1n) is 13.4. The van der Waals surface area contributed by atoms with Crippen molar-refractivity contribution in [2.24, 2.45) is 0 Å². The molecule has 0 bridgehead atoms. The van der Waals surface area contributed by atoms with E-state index in [0.29, 0.717) is 18.4 Å². The van der Waals surface area contributed by atoms with Crippen LogP contribution in [0.5, 0.6) is 0 Å². The second-order valence-electron chi connectivity index (χ2n) is 10.5. The molecule has 1 amide bonds. The van der Waals surface area contributed by atoms with E-state index < -0.39 is 0 Å². The number of pyridine rings is 1. The monoisotopic (exact) mass is 522 g/mol. The summed E-state index contributed by atoms with van der Waals surface area (Å²) < 4.78 is 2.05. The Morgan fingerprint density at radius 2 is 1.85 bits per heavy atom. The fourth-order valence-electron chi connectivity index (χ4n) is 5.99. The molecule has 39 heavy (non-hydrogen) atoms. The summed E-state index contributed by atoms with van der Waals surface area (Å²) >= 11 is 0. The minimum atomic E-state index is 0.208. The van der Waals surface area contributed by atoms with Gasteiger partial charge in [0.15, 0.2) is 11.5 Å². The van der Waals surface area contributed by atoms with Crippen LogP contribution in [0.2, 0.25) is 0 Å². The lowest BCUT2D eigenvalue weighted by Gasteiger charge is -2.40. The molecule has 11 nitrogen and oxygen atoms in total. The van der Waals surface area contributed by atoms with Crippen LogP contribution in [0.15, 0.2) is 48.9 Å². The fourth-order valence-corrected chi connectivity index (χ4v) is 5.99. The summed E-state index contributed by atoms with van der Waals surface area (Å²) in [5.41, 5.74) is 11.4. The molecule has 0 radical (unpaired) electrons. The molecule has 2 aliphatic rings. The number of nitrogens with zero attached hydrogens (tertiary/aromatic N) is 8. The quantitative estimate of drug-likeness (QED) is 0.367. The van der Waals surface area contributed by atoms with E-state index in [0.717, 1.165) is 83.6 Å². The fraction of sp³-hybridized carbons (Fsp3) is 0.357. The molecule has 1 saturated carbocycles. The van der Waals surface area contributed by atoms with Crippen molar-refractivity contribution in [2.75, 3.05) is 32.4 Å². The number of nitrogens with one attached hydrogen (secondary N) is 1. The number of rotatable bonds is 4. The number of fused-ring (bicyclic) bond motifs is 2. The Balaban J connectivity index is 1.20. The third-order valence-electron chi connectivity index (χ3n) is 8.20. The van der Waals surface area contributed by atoms with Gasteiger partial charge in [-0.25, -0.2) is 19.6 Å². The standard InChI is InChI=1S/C28H30N10O/c1-36-12-13-37(15-23(36)39)18-6-8-19(9-7-18)38-28-24(26(29)31-16-32-28)25(35-38)17-5-10-20-22(14-17)34-27(33-20)21-4-2-3-11-30-21/h2-5,10-11,14,16,18-19H,6-9,12-13,15H2,1H3,(H,33,34)(H2,29,31,32). The van der Waals surface area contributed by atoms with Crippen LogP contribution in [0.1, 0.15) is 31.7 Å². The van der Waals surface area contributed by atoms with Gasteiger partial charge in [-0.05, 0) is 49.9 Å². The van der Waals surface area contributed by atoms with Gasteiger partial charge in [0, 0.05) is 37.9 Å². The van der Waals surface area contributed by atoms with Crippen LogP contribution in [0, 0.1) is 0 Å². The van der Waals surface area contributed by atoms with Crippen molar-refractivity contribution >= 4 is 33.8 Å². The maximum absolute atomic E-state index is 12.2. The van der Waals surface area contributed by atoms with Crippen LogP contribution in [-0.4, -0.2) is 83.1 Å². The molecule has 5 heterocycles. The molecule has 1 aromatic carbocycles. The first-order chi connectivity index (χ1) is 19.0. The van der Waals surface area contributed by atoms with Crippen molar-refractivity contribution < 1.29 is 4.79 Å². The molecule has 1 saturated heterocycles. The van der Waals surface area contributed by atoms with Crippen molar-refractivity contribution in [2.45, 2.75) is 37.8 Å². The third-order valence-corrected chi connectivity index (χ3v) is 8.20. The molecule has 3 N–H and O–H groups in total. The molecule has 5 aromatic rings. The van der Waals surface area contributed by atoms with E-state index in [-0.39, 0.29) is 11.9 Å². The number of hydrogen-bond donors (Lipinski definition) is 2. The topological polar surface area (TPSA) is 135 Å². The van der Waals surface area contributed by atoms with E-state index in [9.17, 15) is 4.79 Å². The van der Waals surface area contributed by atoms with Gasteiger partial charge >= 0.3 is 0 Å². The SMILES string of the molecule is CN1CCN(C2CCC(n3nc(-c4ccc5nc(-c6ccccn6)[nH]c5c4)c4c(N)ncnc43)CC2)CC1=O. The largest absolute Gasteiger partial charge is 0.383 e. The van der Waals surface area contributed by atoms with Gasteiger partial charge < -0.3 is 15.6 Å². The minimum Gasteiger partial charge on any atom is -0.383 e. The van der Waals surface area contributed by atoms with Gasteiger partial charge in [0.2, 0.25) is 5.91 Å². The number of nitrogen functional groups attached to an aromatic ring is 1. The summed E-state index contributed by atoms with van der Waals surface area (Å²) in [6.07, 6.45) is 7.26. The van der Waals surface area contributed by atoms with Crippen LogP contribution < -0.4 is 5.73 Å². The number of aromatic nitrogens is 7. The highest BCUT2D eigenvalue weighted by molar-refractivity contribution is 5.99. The van der Waals surface area contributed by atoms with Crippen molar-refractivity contribution in [3.63, 3.8) is 0 Å². The summed E-state index contributed by atoms with van der Waals surface area (Å²) in [7, 11) is 1.88. The van der Waals surface area contributed by atoms with Gasteiger partial charge in [0.1, 0.15) is 23.5 Å². The Hall–Kier alpha value is -4.38. The number of carbonyl (C=O) groups excluding carboxylic acids is 1. The predicted molar refractivity (Wildman–Crippen MR) is 149 cm³/mol. The van der Waals surface area contributed by atoms with E-state index >= 15 is 0 Å². The van der Waals surface area contributed by atoms with E-state index in [1.807, 2.05) is 47.0 Å². The molecule has 0 atom stereocenters. The maximum atomic E-state index is 12.2. The first kappa shape index (κ1) is 23.7. The van der Waals surface area contributed by atoms with Crippen LogP contribution in [-0.2, 0) is 4.79 Å². The molecular weight excluding hydrogens is 492 g/mol. The van der Waals surface area contributed by atoms with Gasteiger partial charge in [-0.3, -0.25) is 14.7 Å². The summed E-state index contributed by atoms with van der Waals surface area (Å²) in [5, 5.41) is 5.86. The lowest BCUT2D eigenvalue weighted by atomic mass is 9.90. The summed E-state index contributed by atoms with van der Waals surface area (Å²) in [6.45, 7) is 2.25. The number of imidazole rings is 1. The smallest absolute Gasteiger partial charge is 0.236 e. The zero-order chi connectivity index (χ0) is 26.5. The molecule has 4 aromatic heterocycles. The van der Waals surface area contributed by atoms with Crippen molar-refractivity contribution in [1.82, 2.24) is 44.5 Å². The molecule has 0 spiro atoms. The van der Waals surface area contributed by atoms with Crippen LogP contribution in [0.25, 0.3) is 44.8 Å². The van der Waals surface area contributed by atoms with Gasteiger partial charge in [-0.15, -0.1) is 0 Å². The molecule has 198 valence electrons. The summed E-state index contributed by atoms with van der Waals surface area (Å²) in [4.78, 5) is 37.8. The van der Waals surface area contributed by atoms with E-state index in [1.165, 1.54) is 6.33 Å². The van der Waals surface area contributed by atoms with Crippen LogP contribution >= 0.6 is 0 Å². The van der Waals surface area contributed by atoms with E-state index in [1.54, 1.807) is 6.20 Å². The molecule has 1 aliphatic carbocycles. The molecule has 2 fully saturated rings. The second kappa shape index (κ2) is 9.42. The minimum absolute atomic E-state index is 0.208. The summed E-state index contributed by atoms with van der Waals surface area (Å²) in [6, 6.07) is 12.5.